The lowest BCUT2D eigenvalue weighted by Gasteiger charge is -2.36. The number of carbonyl (C=O) groups excluding carboxylic acids is 1. The standard InChI is InChI=1S/C16H19N3O2S/c1-12-13(16(20)21-2)5-6-14(17-12)18-7-9-19(10-8-18)15-4-3-11-22-15/h3-6,11H,7-10H2,1-2H3. The van der Waals surface area contributed by atoms with E-state index in [0.29, 0.717) is 11.3 Å². The summed E-state index contributed by atoms with van der Waals surface area (Å²) >= 11 is 1.78. The lowest BCUT2D eigenvalue weighted by Crippen LogP contribution is -2.46. The van der Waals surface area contributed by atoms with Gasteiger partial charge in [0.1, 0.15) is 5.82 Å². The number of methoxy groups -OCH3 is 1. The van der Waals surface area contributed by atoms with Crippen molar-refractivity contribution in [1.82, 2.24) is 4.98 Å². The summed E-state index contributed by atoms with van der Waals surface area (Å²) in [4.78, 5) is 20.8. The molecule has 0 aliphatic carbocycles. The van der Waals surface area contributed by atoms with E-state index < -0.39 is 0 Å². The second-order valence-electron chi connectivity index (χ2n) is 5.22. The maximum absolute atomic E-state index is 11.6. The Kier molecular flexibility index (Phi) is 4.29. The molecular formula is C16H19N3O2S. The zero-order valence-electron chi connectivity index (χ0n) is 12.8. The third kappa shape index (κ3) is 2.92. The number of aromatic nitrogens is 1. The molecule has 0 unspecified atom stereocenters. The predicted octanol–water partition coefficient (Wildman–Crippen LogP) is 2.56. The van der Waals surface area contributed by atoms with Crippen molar-refractivity contribution >= 4 is 28.1 Å². The molecule has 2 aromatic heterocycles. The monoisotopic (exact) mass is 317 g/mol. The van der Waals surface area contributed by atoms with Crippen LogP contribution >= 0.6 is 11.3 Å². The molecule has 0 saturated carbocycles. The van der Waals surface area contributed by atoms with Crippen LogP contribution < -0.4 is 9.80 Å². The Hall–Kier alpha value is -2.08. The van der Waals surface area contributed by atoms with Gasteiger partial charge < -0.3 is 14.5 Å². The van der Waals surface area contributed by atoms with Crippen LogP contribution in [0.4, 0.5) is 10.8 Å². The molecule has 5 nitrogen and oxygen atoms in total. The number of esters is 1. The van der Waals surface area contributed by atoms with Crippen molar-refractivity contribution in [1.29, 1.82) is 0 Å². The summed E-state index contributed by atoms with van der Waals surface area (Å²) in [5.41, 5.74) is 1.24. The van der Waals surface area contributed by atoms with E-state index in [-0.39, 0.29) is 5.97 Å². The van der Waals surface area contributed by atoms with Gasteiger partial charge in [0.05, 0.1) is 23.4 Å². The highest BCUT2D eigenvalue weighted by Gasteiger charge is 2.20. The number of rotatable bonds is 3. The van der Waals surface area contributed by atoms with E-state index in [2.05, 4.69) is 32.3 Å². The van der Waals surface area contributed by atoms with Gasteiger partial charge in [-0.3, -0.25) is 0 Å². The summed E-state index contributed by atoms with van der Waals surface area (Å²) in [6.07, 6.45) is 0. The van der Waals surface area contributed by atoms with Crippen LogP contribution in [-0.2, 0) is 4.74 Å². The first-order chi connectivity index (χ1) is 10.7. The number of ether oxygens (including phenoxy) is 1. The van der Waals surface area contributed by atoms with Gasteiger partial charge in [-0.15, -0.1) is 11.3 Å². The molecule has 22 heavy (non-hydrogen) atoms. The van der Waals surface area contributed by atoms with Crippen LogP contribution in [0.25, 0.3) is 0 Å². The number of nitrogens with zero attached hydrogens (tertiary/aromatic N) is 3. The van der Waals surface area contributed by atoms with Gasteiger partial charge in [-0.2, -0.15) is 0 Å². The molecule has 1 fully saturated rings. The Morgan fingerprint density at radius 3 is 2.50 bits per heavy atom. The van der Waals surface area contributed by atoms with Gasteiger partial charge in [0.15, 0.2) is 0 Å². The molecular weight excluding hydrogens is 298 g/mol. The van der Waals surface area contributed by atoms with Crippen molar-refractivity contribution in [2.75, 3.05) is 43.1 Å². The van der Waals surface area contributed by atoms with Crippen molar-refractivity contribution in [3.05, 3.63) is 40.9 Å². The third-order valence-corrected chi connectivity index (χ3v) is 4.83. The number of carbonyl (C=O) groups is 1. The van der Waals surface area contributed by atoms with E-state index in [1.54, 1.807) is 17.4 Å². The summed E-state index contributed by atoms with van der Waals surface area (Å²) < 4.78 is 4.76. The van der Waals surface area contributed by atoms with E-state index in [0.717, 1.165) is 32.0 Å². The number of anilines is 2. The average Bonchev–Trinajstić information content (AvgIpc) is 3.08. The Morgan fingerprint density at radius 2 is 1.91 bits per heavy atom. The Morgan fingerprint density at radius 1 is 1.18 bits per heavy atom. The fraction of sp³-hybridized carbons (Fsp3) is 0.375. The maximum Gasteiger partial charge on any atom is 0.339 e. The largest absolute Gasteiger partial charge is 0.465 e. The molecule has 3 heterocycles. The third-order valence-electron chi connectivity index (χ3n) is 3.90. The predicted molar refractivity (Wildman–Crippen MR) is 89.1 cm³/mol. The fourth-order valence-electron chi connectivity index (χ4n) is 2.66. The van der Waals surface area contributed by atoms with Crippen LogP contribution in [0, 0.1) is 6.92 Å². The number of aryl methyl sites for hydroxylation is 1. The molecule has 6 heteroatoms. The molecule has 0 atom stereocenters. The summed E-state index contributed by atoms with van der Waals surface area (Å²) in [6.45, 7) is 5.68. The Balaban J connectivity index is 1.69. The SMILES string of the molecule is COC(=O)c1ccc(N2CCN(c3cccs3)CC2)nc1C. The number of thiophene rings is 1. The van der Waals surface area contributed by atoms with Gasteiger partial charge in [-0.1, -0.05) is 0 Å². The Bertz CT molecular complexity index is 649. The minimum atomic E-state index is -0.334. The number of hydrogen-bond acceptors (Lipinski definition) is 6. The summed E-state index contributed by atoms with van der Waals surface area (Å²) in [6, 6.07) is 7.95. The van der Waals surface area contributed by atoms with Gasteiger partial charge in [-0.25, -0.2) is 9.78 Å². The molecule has 1 aliphatic rings. The number of piperazine rings is 1. The van der Waals surface area contributed by atoms with Crippen LogP contribution in [0.1, 0.15) is 16.1 Å². The lowest BCUT2D eigenvalue weighted by molar-refractivity contribution is 0.0599. The first-order valence-corrected chi connectivity index (χ1v) is 8.16. The molecule has 0 bridgehead atoms. The number of hydrogen-bond donors (Lipinski definition) is 0. The molecule has 0 aromatic carbocycles. The zero-order chi connectivity index (χ0) is 15.5. The number of pyridine rings is 1. The molecule has 1 saturated heterocycles. The summed E-state index contributed by atoms with van der Waals surface area (Å²) in [7, 11) is 1.39. The van der Waals surface area contributed by atoms with Crippen molar-refractivity contribution in [3.63, 3.8) is 0 Å². The molecule has 2 aromatic rings. The maximum atomic E-state index is 11.6. The van der Waals surface area contributed by atoms with Gasteiger partial charge in [-0.05, 0) is 36.6 Å². The highest BCUT2D eigenvalue weighted by atomic mass is 32.1. The van der Waals surface area contributed by atoms with Gasteiger partial charge in [0, 0.05) is 26.2 Å². The minimum absolute atomic E-state index is 0.334. The van der Waals surface area contributed by atoms with E-state index in [4.69, 9.17) is 4.74 Å². The highest BCUT2D eigenvalue weighted by Crippen LogP contribution is 2.24. The van der Waals surface area contributed by atoms with E-state index in [9.17, 15) is 4.79 Å². The van der Waals surface area contributed by atoms with Crippen molar-refractivity contribution in [2.45, 2.75) is 6.92 Å². The topological polar surface area (TPSA) is 45.7 Å². The minimum Gasteiger partial charge on any atom is -0.465 e. The second kappa shape index (κ2) is 6.36. The average molecular weight is 317 g/mol. The zero-order valence-corrected chi connectivity index (χ0v) is 13.6. The normalized spacial score (nSPS) is 15.0. The van der Waals surface area contributed by atoms with Crippen molar-refractivity contribution in [2.24, 2.45) is 0 Å². The highest BCUT2D eigenvalue weighted by molar-refractivity contribution is 7.14. The molecule has 0 spiro atoms. The molecule has 1 aliphatic heterocycles. The van der Waals surface area contributed by atoms with E-state index >= 15 is 0 Å². The molecule has 0 amide bonds. The molecule has 0 radical (unpaired) electrons. The molecule has 116 valence electrons. The van der Waals surface area contributed by atoms with Crippen LogP contribution in [0.15, 0.2) is 29.6 Å². The van der Waals surface area contributed by atoms with Crippen LogP contribution in [0.2, 0.25) is 0 Å². The smallest absolute Gasteiger partial charge is 0.339 e. The van der Waals surface area contributed by atoms with Crippen molar-refractivity contribution in [3.8, 4) is 0 Å². The van der Waals surface area contributed by atoms with Crippen LogP contribution in [-0.4, -0.2) is 44.2 Å². The second-order valence-corrected chi connectivity index (χ2v) is 6.15. The Labute approximate surface area is 134 Å². The van der Waals surface area contributed by atoms with Crippen LogP contribution in [0.5, 0.6) is 0 Å². The van der Waals surface area contributed by atoms with Crippen LogP contribution in [0.3, 0.4) is 0 Å². The van der Waals surface area contributed by atoms with E-state index in [1.165, 1.54) is 12.1 Å². The lowest BCUT2D eigenvalue weighted by atomic mass is 10.2. The summed E-state index contributed by atoms with van der Waals surface area (Å²) in [5.74, 6) is 0.593. The molecule has 3 rings (SSSR count). The summed E-state index contributed by atoms with van der Waals surface area (Å²) in [5, 5.41) is 3.43. The van der Waals surface area contributed by atoms with Crippen molar-refractivity contribution < 1.29 is 9.53 Å². The molecule has 0 N–H and O–H groups in total. The van der Waals surface area contributed by atoms with Gasteiger partial charge >= 0.3 is 5.97 Å². The first kappa shape index (κ1) is 14.8. The van der Waals surface area contributed by atoms with Gasteiger partial charge in [0.2, 0.25) is 0 Å². The quantitative estimate of drug-likeness (QED) is 0.814. The van der Waals surface area contributed by atoms with Gasteiger partial charge in [0.25, 0.3) is 0 Å². The fourth-order valence-corrected chi connectivity index (χ4v) is 3.44. The van der Waals surface area contributed by atoms with E-state index in [1.807, 2.05) is 13.0 Å². The first-order valence-electron chi connectivity index (χ1n) is 7.28.